The Labute approximate surface area is 128 Å². The third-order valence-corrected chi connectivity index (χ3v) is 4.05. The molecular weight excluding hydrogens is 284 g/mol. The minimum atomic E-state index is -0.890. The lowest BCUT2D eigenvalue weighted by atomic mass is 10.1. The van der Waals surface area contributed by atoms with Gasteiger partial charge >= 0.3 is 11.9 Å². The van der Waals surface area contributed by atoms with Crippen molar-refractivity contribution in [3.8, 4) is 5.75 Å². The molecule has 1 aromatic rings. The Hall–Kier alpha value is -2.34. The number of carbonyl (C=O) groups is 2. The van der Waals surface area contributed by atoms with Crippen LogP contribution in [0.25, 0.3) is 5.57 Å². The van der Waals surface area contributed by atoms with Crippen molar-refractivity contribution in [3.05, 3.63) is 35.5 Å². The van der Waals surface area contributed by atoms with Gasteiger partial charge in [0.15, 0.2) is 0 Å². The second-order valence-electron chi connectivity index (χ2n) is 5.79. The van der Waals surface area contributed by atoms with Gasteiger partial charge in [-0.15, -0.1) is 0 Å². The lowest BCUT2D eigenvalue weighted by Gasteiger charge is -2.37. The van der Waals surface area contributed by atoms with Crippen LogP contribution in [-0.2, 0) is 9.59 Å². The Bertz CT molecular complexity index is 668. The van der Waals surface area contributed by atoms with Crippen LogP contribution in [0, 0.1) is 6.92 Å². The minimum absolute atomic E-state index is 0.422. The number of aliphatic carboxylic acids is 1. The average molecular weight is 302 g/mol. The van der Waals surface area contributed by atoms with Crippen LogP contribution in [0.2, 0.25) is 0 Å². The average Bonchev–Trinajstić information content (AvgIpc) is 2.75. The number of esters is 1. The van der Waals surface area contributed by atoms with E-state index in [0.717, 1.165) is 17.7 Å². The maximum Gasteiger partial charge on any atom is 0.345 e. The van der Waals surface area contributed by atoms with Crippen molar-refractivity contribution < 1.29 is 19.4 Å². The molecule has 0 radical (unpaired) electrons. The molecule has 2 aliphatic heterocycles. The fourth-order valence-corrected chi connectivity index (χ4v) is 2.80. The van der Waals surface area contributed by atoms with Crippen molar-refractivity contribution in [3.63, 3.8) is 0 Å². The van der Waals surface area contributed by atoms with Gasteiger partial charge in [-0.05, 0) is 25.6 Å². The smallest absolute Gasteiger partial charge is 0.345 e. The highest BCUT2D eigenvalue weighted by Crippen LogP contribution is 2.35. The van der Waals surface area contributed by atoms with Gasteiger partial charge in [-0.3, -0.25) is 0 Å². The van der Waals surface area contributed by atoms with Gasteiger partial charge in [0.05, 0.1) is 5.57 Å². The van der Waals surface area contributed by atoms with Crippen LogP contribution >= 0.6 is 0 Å². The van der Waals surface area contributed by atoms with Crippen molar-refractivity contribution in [2.45, 2.75) is 13.0 Å². The molecule has 0 spiro atoms. The molecule has 6 nitrogen and oxygen atoms in total. The second kappa shape index (κ2) is 5.46. The molecule has 3 rings (SSSR count). The van der Waals surface area contributed by atoms with Gasteiger partial charge in [-0.2, -0.15) is 0 Å². The summed E-state index contributed by atoms with van der Waals surface area (Å²) in [5.41, 5.74) is 2.15. The molecule has 0 aliphatic carbocycles. The molecule has 0 amide bonds. The lowest BCUT2D eigenvalue weighted by molar-refractivity contribution is -0.144. The first-order valence-corrected chi connectivity index (χ1v) is 7.18. The van der Waals surface area contributed by atoms with Crippen LogP contribution in [0.5, 0.6) is 5.75 Å². The van der Waals surface area contributed by atoms with E-state index in [0.29, 0.717) is 24.4 Å². The van der Waals surface area contributed by atoms with Crippen molar-refractivity contribution in [1.82, 2.24) is 9.80 Å². The molecule has 22 heavy (non-hydrogen) atoms. The number of rotatable bonds is 2. The Morgan fingerprint density at radius 2 is 2.18 bits per heavy atom. The molecule has 0 aromatic heterocycles. The molecule has 0 saturated carbocycles. The van der Waals surface area contributed by atoms with Crippen LogP contribution in [0.3, 0.4) is 0 Å². The SMILES string of the molecule is Cc1ccc2c(c1)OC(=O)C2=CN1CCN(C)CC1C(=O)O. The maximum absolute atomic E-state index is 12.1. The molecule has 1 unspecified atom stereocenters. The van der Waals surface area contributed by atoms with Crippen molar-refractivity contribution in [1.29, 1.82) is 0 Å². The number of piperazine rings is 1. The Morgan fingerprint density at radius 1 is 1.41 bits per heavy atom. The van der Waals surface area contributed by atoms with Gasteiger partial charge in [-0.25, -0.2) is 9.59 Å². The van der Waals surface area contributed by atoms with Gasteiger partial charge in [0, 0.05) is 31.4 Å². The fraction of sp³-hybridized carbons (Fsp3) is 0.375. The van der Waals surface area contributed by atoms with Crippen molar-refractivity contribution in [2.75, 3.05) is 26.7 Å². The summed E-state index contributed by atoms with van der Waals surface area (Å²) in [6, 6.07) is 4.90. The van der Waals surface area contributed by atoms with E-state index in [1.165, 1.54) is 0 Å². The standard InChI is InChI=1S/C16H18N2O4/c1-10-3-4-11-12(16(21)22-14(11)7-10)8-18-6-5-17(2)9-13(18)15(19)20/h3-4,7-8,13H,5-6,9H2,1-2H3,(H,19,20). The first-order valence-electron chi connectivity index (χ1n) is 7.18. The van der Waals surface area contributed by atoms with Crippen molar-refractivity contribution >= 4 is 17.5 Å². The molecule has 6 heteroatoms. The van der Waals surface area contributed by atoms with Crippen LogP contribution in [0.4, 0.5) is 0 Å². The predicted molar refractivity (Wildman–Crippen MR) is 80.4 cm³/mol. The highest BCUT2D eigenvalue weighted by Gasteiger charge is 2.33. The van der Waals surface area contributed by atoms with E-state index >= 15 is 0 Å². The normalized spacial score (nSPS) is 23.5. The molecule has 116 valence electrons. The number of nitrogens with zero attached hydrogens (tertiary/aromatic N) is 2. The number of benzene rings is 1. The van der Waals surface area contributed by atoms with E-state index in [1.807, 2.05) is 37.1 Å². The summed E-state index contributed by atoms with van der Waals surface area (Å²) in [6.07, 6.45) is 1.63. The number of hydrogen-bond acceptors (Lipinski definition) is 5. The lowest BCUT2D eigenvalue weighted by Crippen LogP contribution is -2.53. The van der Waals surface area contributed by atoms with E-state index < -0.39 is 18.0 Å². The van der Waals surface area contributed by atoms with Crippen LogP contribution in [0.1, 0.15) is 11.1 Å². The van der Waals surface area contributed by atoms with Crippen molar-refractivity contribution in [2.24, 2.45) is 0 Å². The summed E-state index contributed by atoms with van der Waals surface area (Å²) in [4.78, 5) is 27.2. The molecular formula is C16H18N2O4. The summed E-state index contributed by atoms with van der Waals surface area (Å²) in [6.45, 7) is 3.67. The number of fused-ring (bicyclic) bond motifs is 1. The Balaban J connectivity index is 1.94. The highest BCUT2D eigenvalue weighted by molar-refractivity contribution is 6.21. The summed E-state index contributed by atoms with van der Waals surface area (Å²) in [5.74, 6) is -0.778. The van der Waals surface area contributed by atoms with E-state index in [4.69, 9.17) is 4.74 Å². The number of hydrogen-bond donors (Lipinski definition) is 1. The zero-order valence-electron chi connectivity index (χ0n) is 12.6. The largest absolute Gasteiger partial charge is 0.480 e. The van der Waals surface area contributed by atoms with Gasteiger partial charge in [0.25, 0.3) is 0 Å². The van der Waals surface area contributed by atoms with Gasteiger partial charge in [0.2, 0.25) is 0 Å². The van der Waals surface area contributed by atoms with Gasteiger partial charge in [-0.1, -0.05) is 12.1 Å². The molecule has 2 heterocycles. The minimum Gasteiger partial charge on any atom is -0.480 e. The summed E-state index contributed by atoms with van der Waals surface area (Å²) in [7, 11) is 1.89. The van der Waals surface area contributed by atoms with Crippen LogP contribution < -0.4 is 4.74 Å². The number of carbonyl (C=O) groups excluding carboxylic acids is 1. The number of aryl methyl sites for hydroxylation is 1. The summed E-state index contributed by atoms with van der Waals surface area (Å²) >= 11 is 0. The summed E-state index contributed by atoms with van der Waals surface area (Å²) in [5, 5.41) is 9.38. The zero-order chi connectivity index (χ0) is 15.9. The molecule has 1 fully saturated rings. The van der Waals surface area contributed by atoms with E-state index in [2.05, 4.69) is 0 Å². The Kier molecular flexibility index (Phi) is 3.62. The number of carboxylic acids is 1. The highest BCUT2D eigenvalue weighted by atomic mass is 16.5. The molecule has 0 bridgehead atoms. The first kappa shape index (κ1) is 14.6. The third-order valence-electron chi connectivity index (χ3n) is 4.05. The molecule has 2 aliphatic rings. The first-order chi connectivity index (χ1) is 10.5. The molecule has 1 aromatic carbocycles. The number of ether oxygens (including phenoxy) is 1. The van der Waals surface area contributed by atoms with Gasteiger partial charge in [0.1, 0.15) is 11.8 Å². The Morgan fingerprint density at radius 3 is 2.91 bits per heavy atom. The number of carboxylic acid groups (broad SMARTS) is 1. The predicted octanol–water partition coefficient (Wildman–Crippen LogP) is 0.956. The summed E-state index contributed by atoms with van der Waals surface area (Å²) < 4.78 is 5.27. The zero-order valence-corrected chi connectivity index (χ0v) is 12.6. The van der Waals surface area contributed by atoms with Crippen LogP contribution in [-0.4, -0.2) is 59.6 Å². The number of likely N-dealkylation sites (N-methyl/N-ethyl adjacent to an activating group) is 1. The van der Waals surface area contributed by atoms with Crippen LogP contribution in [0.15, 0.2) is 24.4 Å². The quantitative estimate of drug-likeness (QED) is 0.498. The fourth-order valence-electron chi connectivity index (χ4n) is 2.80. The molecule has 1 saturated heterocycles. The second-order valence-corrected chi connectivity index (χ2v) is 5.79. The molecule has 1 N–H and O–H groups in total. The molecule has 1 atom stereocenters. The topological polar surface area (TPSA) is 70.1 Å². The van der Waals surface area contributed by atoms with E-state index in [-0.39, 0.29) is 0 Å². The van der Waals surface area contributed by atoms with Gasteiger partial charge < -0.3 is 19.6 Å². The maximum atomic E-state index is 12.1. The monoisotopic (exact) mass is 302 g/mol. The van der Waals surface area contributed by atoms with E-state index in [1.54, 1.807) is 11.1 Å². The van der Waals surface area contributed by atoms with E-state index in [9.17, 15) is 14.7 Å². The third kappa shape index (κ3) is 2.57.